The number of anilines is 6. The summed E-state index contributed by atoms with van der Waals surface area (Å²) in [5.41, 5.74) is 14.5. The summed E-state index contributed by atoms with van der Waals surface area (Å²) in [7, 11) is 4.69. The van der Waals surface area contributed by atoms with Gasteiger partial charge in [0.2, 0.25) is 0 Å². The third kappa shape index (κ3) is 3.96. The van der Waals surface area contributed by atoms with E-state index in [9.17, 15) is 0 Å². The normalized spacial score (nSPS) is 24.7. The number of hydrogen-bond donors (Lipinski definition) is 0. The molecule has 0 radical (unpaired) electrons. The van der Waals surface area contributed by atoms with Gasteiger partial charge in [0.25, 0.3) is 0 Å². The van der Waals surface area contributed by atoms with Crippen molar-refractivity contribution in [3.05, 3.63) is 70.8 Å². The topological polar surface area (TPSA) is 19.4 Å². The van der Waals surface area contributed by atoms with Crippen molar-refractivity contribution < 1.29 is 0 Å². The summed E-state index contributed by atoms with van der Waals surface area (Å²) in [4.78, 5) is 16.1. The van der Waals surface area contributed by atoms with Gasteiger partial charge in [0.15, 0.2) is 0 Å². The molecule has 1 aliphatic carbocycles. The molecule has 6 nitrogen and oxygen atoms in total. The minimum atomic E-state index is -0.146. The molecule has 6 heteroatoms. The van der Waals surface area contributed by atoms with Gasteiger partial charge in [0.05, 0.1) is 34.1 Å². The van der Waals surface area contributed by atoms with Gasteiger partial charge in [-0.3, -0.25) is 0 Å². The van der Waals surface area contributed by atoms with Gasteiger partial charge in [0.1, 0.15) is 17.0 Å². The Morgan fingerprint density at radius 3 is 2.06 bits per heavy atom. The standard InChI is InChI=1S/C41H54N6/c1-29-13-10-14-34-38(29)47(28-32-25-30(2)37-36(27-32)42(5)40(43(37)6)18-8-7-9-19-40)39(3,4)44(34)24-17-31-15-16-33-35(26-31)46-23-12-21-41(46)20-11-22-45(33)41/h10,13-16,25-27H,7-9,11-12,17-24,28H2,1-6H3. The van der Waals surface area contributed by atoms with Crippen molar-refractivity contribution in [1.82, 2.24) is 0 Å². The maximum Gasteiger partial charge on any atom is 0.113 e. The first-order chi connectivity index (χ1) is 22.7. The van der Waals surface area contributed by atoms with Crippen LogP contribution in [0.25, 0.3) is 0 Å². The number of aryl methyl sites for hydroxylation is 2. The lowest BCUT2D eigenvalue weighted by Crippen LogP contribution is -2.55. The summed E-state index contributed by atoms with van der Waals surface area (Å²) in [6.07, 6.45) is 12.9. The molecule has 0 bridgehead atoms. The number of fused-ring (bicyclic) bond motifs is 5. The molecule has 248 valence electrons. The molecule has 1 unspecified atom stereocenters. The Hall–Kier alpha value is -3.54. The molecule has 0 amide bonds. The lowest BCUT2D eigenvalue weighted by Gasteiger charge is -2.45. The Labute approximate surface area is 282 Å². The lowest BCUT2D eigenvalue weighted by atomic mass is 9.87. The molecule has 2 spiro atoms. The fourth-order valence-corrected chi connectivity index (χ4v) is 11.2. The van der Waals surface area contributed by atoms with Crippen LogP contribution in [0, 0.1) is 13.8 Å². The number of benzene rings is 3. The third-order valence-corrected chi connectivity index (χ3v) is 13.5. The van der Waals surface area contributed by atoms with E-state index in [0.717, 1.165) is 19.5 Å². The second-order valence-corrected chi connectivity index (χ2v) is 16.2. The fraction of sp³-hybridized carbons (Fsp3) is 0.561. The highest BCUT2D eigenvalue weighted by molar-refractivity contribution is 5.85. The second kappa shape index (κ2) is 10.2. The number of hydrogen-bond acceptors (Lipinski definition) is 6. The first kappa shape index (κ1) is 29.6. The summed E-state index contributed by atoms with van der Waals surface area (Å²) in [5, 5.41) is 0. The molecule has 3 aromatic carbocycles. The molecule has 1 saturated carbocycles. The molecular formula is C41H54N6. The Morgan fingerprint density at radius 1 is 0.596 bits per heavy atom. The first-order valence-electron chi connectivity index (χ1n) is 18.6. The molecule has 3 aromatic rings. The smallest absolute Gasteiger partial charge is 0.113 e. The van der Waals surface area contributed by atoms with Gasteiger partial charge in [-0.15, -0.1) is 0 Å². The van der Waals surface area contributed by atoms with Crippen LogP contribution in [0.4, 0.5) is 34.1 Å². The van der Waals surface area contributed by atoms with Crippen LogP contribution in [-0.4, -0.2) is 50.7 Å². The van der Waals surface area contributed by atoms with E-state index in [0.29, 0.717) is 0 Å². The average Bonchev–Trinajstić information content (AvgIpc) is 3.82. The Bertz CT molecular complexity index is 1730. The van der Waals surface area contributed by atoms with Crippen LogP contribution in [-0.2, 0) is 13.0 Å². The molecule has 5 heterocycles. The van der Waals surface area contributed by atoms with Crippen molar-refractivity contribution in [3.8, 4) is 0 Å². The highest BCUT2D eigenvalue weighted by Crippen LogP contribution is 2.56. The van der Waals surface area contributed by atoms with Gasteiger partial charge in [-0.2, -0.15) is 0 Å². The van der Waals surface area contributed by atoms with Crippen molar-refractivity contribution >= 4 is 34.1 Å². The van der Waals surface area contributed by atoms with Crippen LogP contribution < -0.4 is 29.4 Å². The van der Waals surface area contributed by atoms with Crippen LogP contribution in [0.3, 0.4) is 0 Å². The number of para-hydroxylation sites is 1. The molecule has 0 aromatic heterocycles. The molecule has 6 aliphatic rings. The van der Waals surface area contributed by atoms with E-state index >= 15 is 0 Å². The quantitative estimate of drug-likeness (QED) is 0.279. The minimum absolute atomic E-state index is 0.139. The van der Waals surface area contributed by atoms with Gasteiger partial charge in [-0.25, -0.2) is 0 Å². The Kier molecular flexibility index (Phi) is 6.44. The summed E-state index contributed by atoms with van der Waals surface area (Å²) in [5.74, 6) is 0. The number of rotatable bonds is 5. The summed E-state index contributed by atoms with van der Waals surface area (Å²) >= 11 is 0. The Balaban J connectivity index is 1.00. The van der Waals surface area contributed by atoms with Gasteiger partial charge in [0, 0.05) is 40.3 Å². The van der Waals surface area contributed by atoms with E-state index in [4.69, 9.17) is 0 Å². The highest BCUT2D eigenvalue weighted by atomic mass is 15.5. The van der Waals surface area contributed by atoms with E-state index in [1.165, 1.54) is 127 Å². The van der Waals surface area contributed by atoms with Crippen molar-refractivity contribution in [2.45, 2.75) is 115 Å². The van der Waals surface area contributed by atoms with Crippen LogP contribution in [0.15, 0.2) is 48.5 Å². The van der Waals surface area contributed by atoms with E-state index in [1.54, 1.807) is 0 Å². The maximum atomic E-state index is 2.77. The van der Waals surface area contributed by atoms with Crippen LogP contribution in [0.1, 0.15) is 93.9 Å². The maximum absolute atomic E-state index is 2.77. The second-order valence-electron chi connectivity index (χ2n) is 16.2. The molecule has 5 aliphatic heterocycles. The van der Waals surface area contributed by atoms with E-state index in [-0.39, 0.29) is 17.0 Å². The lowest BCUT2D eigenvalue weighted by molar-refractivity contribution is 0.293. The van der Waals surface area contributed by atoms with Crippen molar-refractivity contribution in [1.29, 1.82) is 0 Å². The molecule has 3 fully saturated rings. The van der Waals surface area contributed by atoms with Crippen molar-refractivity contribution in [2.24, 2.45) is 0 Å². The van der Waals surface area contributed by atoms with Crippen LogP contribution >= 0.6 is 0 Å². The van der Waals surface area contributed by atoms with Gasteiger partial charge >= 0.3 is 0 Å². The van der Waals surface area contributed by atoms with Crippen molar-refractivity contribution in [2.75, 3.05) is 63.1 Å². The number of nitrogens with zero attached hydrogens (tertiary/aromatic N) is 6. The zero-order valence-electron chi connectivity index (χ0n) is 29.7. The predicted molar refractivity (Wildman–Crippen MR) is 199 cm³/mol. The summed E-state index contributed by atoms with van der Waals surface area (Å²) < 4.78 is 0. The molecule has 9 rings (SSSR count). The van der Waals surface area contributed by atoms with Crippen LogP contribution in [0.2, 0.25) is 0 Å². The molecule has 2 saturated heterocycles. The predicted octanol–water partition coefficient (Wildman–Crippen LogP) is 8.57. The molecule has 1 atom stereocenters. The van der Waals surface area contributed by atoms with Crippen molar-refractivity contribution in [3.63, 3.8) is 0 Å². The molecule has 47 heavy (non-hydrogen) atoms. The zero-order valence-corrected chi connectivity index (χ0v) is 29.7. The SMILES string of the molecule is Cc1cccc2c1N(Cc1cc(C)c3c(c1)N(C)C1(CCCCC1)N3C)C(C)(C)N2CCc1ccc2c(c1)N1CCCC13CCCN23. The zero-order chi connectivity index (χ0) is 32.3. The molecule has 0 N–H and O–H groups in total. The first-order valence-corrected chi connectivity index (χ1v) is 18.6. The average molecular weight is 631 g/mol. The van der Waals surface area contributed by atoms with Crippen LogP contribution in [0.5, 0.6) is 0 Å². The largest absolute Gasteiger partial charge is 0.350 e. The fourth-order valence-electron chi connectivity index (χ4n) is 11.2. The van der Waals surface area contributed by atoms with Gasteiger partial charge in [-0.1, -0.05) is 30.7 Å². The van der Waals surface area contributed by atoms with E-state index in [2.05, 4.69) is 120 Å². The molecular weight excluding hydrogens is 576 g/mol. The summed E-state index contributed by atoms with van der Waals surface area (Å²) in [6, 6.07) is 19.3. The van der Waals surface area contributed by atoms with Gasteiger partial charge in [-0.05, 0) is 132 Å². The van der Waals surface area contributed by atoms with Gasteiger partial charge < -0.3 is 29.4 Å². The monoisotopic (exact) mass is 630 g/mol. The Morgan fingerprint density at radius 2 is 1.30 bits per heavy atom. The van der Waals surface area contributed by atoms with E-state index in [1.807, 2.05) is 0 Å². The van der Waals surface area contributed by atoms with E-state index < -0.39 is 0 Å². The third-order valence-electron chi connectivity index (χ3n) is 13.5. The minimum Gasteiger partial charge on any atom is -0.350 e. The highest BCUT2D eigenvalue weighted by Gasteiger charge is 2.54. The summed E-state index contributed by atoms with van der Waals surface area (Å²) in [6.45, 7) is 13.9.